The first-order valence-corrected chi connectivity index (χ1v) is 6.30. The first-order chi connectivity index (χ1) is 8.65. The second-order valence-electron chi connectivity index (χ2n) is 4.83. The summed E-state index contributed by atoms with van der Waals surface area (Å²) in [7, 11) is 2.07. The van der Waals surface area contributed by atoms with Crippen molar-refractivity contribution in [3.05, 3.63) is 35.4 Å². The molecule has 98 valence electrons. The highest BCUT2D eigenvalue weighted by molar-refractivity contribution is 5.94. The van der Waals surface area contributed by atoms with E-state index in [0.717, 1.165) is 25.3 Å². The predicted molar refractivity (Wildman–Crippen MR) is 70.7 cm³/mol. The van der Waals surface area contributed by atoms with Gasteiger partial charge in [-0.2, -0.15) is 0 Å². The summed E-state index contributed by atoms with van der Waals surface area (Å²) in [6, 6.07) is 7.60. The lowest BCUT2D eigenvalue weighted by molar-refractivity contribution is -0.0175. The molecule has 1 unspecified atom stereocenters. The molecule has 1 amide bonds. The smallest absolute Gasteiger partial charge is 0.251 e. The van der Waals surface area contributed by atoms with Gasteiger partial charge in [0.25, 0.3) is 5.91 Å². The lowest BCUT2D eigenvalue weighted by Gasteiger charge is -2.30. The van der Waals surface area contributed by atoms with Gasteiger partial charge in [-0.3, -0.25) is 4.79 Å². The maximum atomic E-state index is 11.9. The second-order valence-corrected chi connectivity index (χ2v) is 4.83. The number of likely N-dealkylation sites (N-methyl/N-ethyl adjacent to an activating group) is 1. The van der Waals surface area contributed by atoms with Crippen LogP contribution in [0.3, 0.4) is 0 Å². The minimum Gasteiger partial charge on any atom is -0.374 e. The van der Waals surface area contributed by atoms with Gasteiger partial charge in [-0.1, -0.05) is 17.7 Å². The minimum absolute atomic E-state index is 0.0319. The number of nitrogens with one attached hydrogen (secondary N) is 1. The maximum absolute atomic E-state index is 11.9. The van der Waals surface area contributed by atoms with Crippen LogP contribution < -0.4 is 5.32 Å². The van der Waals surface area contributed by atoms with E-state index in [1.165, 1.54) is 0 Å². The standard InChI is InChI=1S/C14H20N2O2/c1-11-4-3-5-12(8-11)14(17)15-9-13-10-16(2)6-7-18-13/h3-5,8,13H,6-7,9-10H2,1-2H3,(H,15,17). The van der Waals surface area contributed by atoms with Gasteiger partial charge in [0.2, 0.25) is 0 Å². The Morgan fingerprint density at radius 3 is 3.11 bits per heavy atom. The van der Waals surface area contributed by atoms with E-state index in [0.29, 0.717) is 12.1 Å². The molecule has 1 aromatic rings. The van der Waals surface area contributed by atoms with Crippen LogP contribution in [-0.2, 0) is 4.74 Å². The second kappa shape index (κ2) is 5.98. The van der Waals surface area contributed by atoms with Crippen molar-refractivity contribution in [1.82, 2.24) is 10.2 Å². The molecular weight excluding hydrogens is 228 g/mol. The quantitative estimate of drug-likeness (QED) is 0.869. The number of hydrogen-bond acceptors (Lipinski definition) is 3. The zero-order valence-electron chi connectivity index (χ0n) is 11.0. The summed E-state index contributed by atoms with van der Waals surface area (Å²) in [5.41, 5.74) is 1.80. The molecule has 1 aliphatic heterocycles. The fourth-order valence-corrected chi connectivity index (χ4v) is 2.09. The molecular formula is C14H20N2O2. The SMILES string of the molecule is Cc1cccc(C(=O)NCC2CN(C)CCO2)c1. The van der Waals surface area contributed by atoms with Crippen molar-refractivity contribution in [2.24, 2.45) is 0 Å². The molecule has 1 atom stereocenters. The van der Waals surface area contributed by atoms with E-state index in [-0.39, 0.29) is 12.0 Å². The third-order valence-electron chi connectivity index (χ3n) is 3.11. The van der Waals surface area contributed by atoms with E-state index in [4.69, 9.17) is 4.74 Å². The summed E-state index contributed by atoms with van der Waals surface area (Å²) >= 11 is 0. The van der Waals surface area contributed by atoms with Gasteiger partial charge in [0.1, 0.15) is 0 Å². The number of hydrogen-bond donors (Lipinski definition) is 1. The van der Waals surface area contributed by atoms with Crippen molar-refractivity contribution in [3.63, 3.8) is 0 Å². The number of nitrogens with zero attached hydrogens (tertiary/aromatic N) is 1. The molecule has 0 aliphatic carbocycles. The average molecular weight is 248 g/mol. The molecule has 1 saturated heterocycles. The summed E-state index contributed by atoms with van der Waals surface area (Å²) in [6.45, 7) is 5.12. The molecule has 0 saturated carbocycles. The van der Waals surface area contributed by atoms with Crippen LogP contribution in [0.4, 0.5) is 0 Å². The molecule has 1 fully saturated rings. The van der Waals surface area contributed by atoms with Gasteiger partial charge in [0.05, 0.1) is 12.7 Å². The van der Waals surface area contributed by atoms with Crippen LogP contribution in [-0.4, -0.2) is 50.2 Å². The topological polar surface area (TPSA) is 41.6 Å². The number of benzene rings is 1. The number of ether oxygens (including phenoxy) is 1. The third kappa shape index (κ3) is 3.55. The van der Waals surface area contributed by atoms with Crippen molar-refractivity contribution in [2.75, 3.05) is 33.3 Å². The van der Waals surface area contributed by atoms with Crippen LogP contribution in [0.1, 0.15) is 15.9 Å². The molecule has 1 aliphatic rings. The van der Waals surface area contributed by atoms with Crippen LogP contribution >= 0.6 is 0 Å². The van der Waals surface area contributed by atoms with E-state index in [2.05, 4.69) is 17.3 Å². The largest absolute Gasteiger partial charge is 0.374 e. The van der Waals surface area contributed by atoms with E-state index < -0.39 is 0 Å². The summed E-state index contributed by atoms with van der Waals surface area (Å²) < 4.78 is 5.60. The van der Waals surface area contributed by atoms with Crippen molar-refractivity contribution >= 4 is 5.91 Å². The monoisotopic (exact) mass is 248 g/mol. The maximum Gasteiger partial charge on any atom is 0.251 e. The highest BCUT2D eigenvalue weighted by Crippen LogP contribution is 2.05. The molecule has 18 heavy (non-hydrogen) atoms. The van der Waals surface area contributed by atoms with Crippen LogP contribution in [0.25, 0.3) is 0 Å². The van der Waals surface area contributed by atoms with Crippen molar-refractivity contribution in [3.8, 4) is 0 Å². The number of carbonyl (C=O) groups is 1. The Labute approximate surface area is 108 Å². The van der Waals surface area contributed by atoms with Crippen LogP contribution in [0, 0.1) is 6.92 Å². The summed E-state index contributed by atoms with van der Waals surface area (Å²) in [5.74, 6) is -0.0319. The molecule has 0 bridgehead atoms. The first kappa shape index (κ1) is 13.1. The van der Waals surface area contributed by atoms with Gasteiger partial charge in [-0.05, 0) is 26.1 Å². The highest BCUT2D eigenvalue weighted by atomic mass is 16.5. The fourth-order valence-electron chi connectivity index (χ4n) is 2.09. The number of morpholine rings is 1. The molecule has 0 radical (unpaired) electrons. The molecule has 2 rings (SSSR count). The van der Waals surface area contributed by atoms with E-state index in [9.17, 15) is 4.79 Å². The molecule has 4 heteroatoms. The van der Waals surface area contributed by atoms with Gasteiger partial charge in [-0.15, -0.1) is 0 Å². The van der Waals surface area contributed by atoms with Crippen molar-refractivity contribution < 1.29 is 9.53 Å². The Morgan fingerprint density at radius 1 is 1.56 bits per heavy atom. The average Bonchev–Trinajstić information content (AvgIpc) is 2.36. The van der Waals surface area contributed by atoms with Gasteiger partial charge in [0, 0.05) is 25.2 Å². The van der Waals surface area contributed by atoms with Gasteiger partial charge >= 0.3 is 0 Å². The number of carbonyl (C=O) groups excluding carboxylic acids is 1. The van der Waals surface area contributed by atoms with Gasteiger partial charge in [-0.25, -0.2) is 0 Å². The Balaban J connectivity index is 1.84. The Bertz CT molecular complexity index is 420. The summed E-state index contributed by atoms with van der Waals surface area (Å²) in [6.07, 6.45) is 0.0949. The number of amides is 1. The molecule has 4 nitrogen and oxygen atoms in total. The fraction of sp³-hybridized carbons (Fsp3) is 0.500. The predicted octanol–water partition coefficient (Wildman–Crippen LogP) is 1.06. The first-order valence-electron chi connectivity index (χ1n) is 6.30. The van der Waals surface area contributed by atoms with Crippen LogP contribution in [0.5, 0.6) is 0 Å². The third-order valence-corrected chi connectivity index (χ3v) is 3.11. The van der Waals surface area contributed by atoms with Gasteiger partial charge in [0.15, 0.2) is 0 Å². The Hall–Kier alpha value is -1.39. The molecule has 0 spiro atoms. The molecule has 1 N–H and O–H groups in total. The lowest BCUT2D eigenvalue weighted by Crippen LogP contribution is -2.45. The zero-order chi connectivity index (χ0) is 13.0. The minimum atomic E-state index is -0.0319. The molecule has 0 aromatic heterocycles. The van der Waals surface area contributed by atoms with Crippen LogP contribution in [0.15, 0.2) is 24.3 Å². The van der Waals surface area contributed by atoms with Crippen LogP contribution in [0.2, 0.25) is 0 Å². The number of rotatable bonds is 3. The lowest BCUT2D eigenvalue weighted by atomic mass is 10.1. The van der Waals surface area contributed by atoms with E-state index in [1.54, 1.807) is 0 Å². The van der Waals surface area contributed by atoms with E-state index in [1.807, 2.05) is 31.2 Å². The zero-order valence-corrected chi connectivity index (χ0v) is 11.0. The van der Waals surface area contributed by atoms with Gasteiger partial charge < -0.3 is 15.0 Å². The number of aryl methyl sites for hydroxylation is 1. The highest BCUT2D eigenvalue weighted by Gasteiger charge is 2.18. The molecule has 1 heterocycles. The molecule has 1 aromatic carbocycles. The summed E-state index contributed by atoms with van der Waals surface area (Å²) in [4.78, 5) is 14.2. The Morgan fingerprint density at radius 2 is 2.39 bits per heavy atom. The summed E-state index contributed by atoms with van der Waals surface area (Å²) in [5, 5.41) is 2.93. The Kier molecular flexibility index (Phi) is 4.33. The van der Waals surface area contributed by atoms with Crippen molar-refractivity contribution in [2.45, 2.75) is 13.0 Å². The normalized spacial score (nSPS) is 20.7. The van der Waals surface area contributed by atoms with Crippen molar-refractivity contribution in [1.29, 1.82) is 0 Å². The van der Waals surface area contributed by atoms with E-state index >= 15 is 0 Å².